The Hall–Kier alpha value is 1.03. The summed E-state index contributed by atoms with van der Waals surface area (Å²) >= 11 is 0. The van der Waals surface area contributed by atoms with Crippen molar-refractivity contribution in [1.82, 2.24) is 0 Å². The number of allylic oxidation sites excluding steroid dienone is 1. The van der Waals surface area contributed by atoms with Gasteiger partial charge in [0.2, 0.25) is 0 Å². The second-order valence-corrected chi connectivity index (χ2v) is 24.1. The van der Waals surface area contributed by atoms with Gasteiger partial charge >= 0.3 is 0 Å². The lowest BCUT2D eigenvalue weighted by atomic mass is 10.2. The van der Waals surface area contributed by atoms with E-state index in [0.717, 1.165) is 0 Å². The lowest BCUT2D eigenvalue weighted by Gasteiger charge is -2.55. The quantitative estimate of drug-likeness (QED) is 0.347. The molecule has 0 amide bonds. The Balaban J connectivity index is 6.20. The molecule has 0 aromatic rings. The van der Waals surface area contributed by atoms with E-state index in [9.17, 15) is 0 Å². The van der Waals surface area contributed by atoms with Crippen LogP contribution in [-0.2, 0) is 0 Å². The third-order valence-electron chi connectivity index (χ3n) is 3.30. The van der Waals surface area contributed by atoms with Gasteiger partial charge in [0.25, 0.3) is 0 Å². The van der Waals surface area contributed by atoms with Crippen LogP contribution in [0.2, 0.25) is 0 Å². The molecule has 0 N–H and O–H groups in total. The minimum atomic E-state index is -0.0576. The Morgan fingerprint density at radius 3 is 0.955 bits per heavy atom. The van der Waals surface area contributed by atoms with Crippen molar-refractivity contribution in [3.63, 3.8) is 0 Å². The van der Waals surface area contributed by atoms with E-state index in [1.807, 2.05) is 0 Å². The van der Waals surface area contributed by atoms with E-state index in [1.165, 1.54) is 6.16 Å². The van der Waals surface area contributed by atoms with Crippen molar-refractivity contribution in [3.05, 3.63) is 12.7 Å². The molecule has 0 unspecified atom stereocenters. The molecule has 0 aliphatic carbocycles. The van der Waals surface area contributed by atoms with Gasteiger partial charge in [-0.25, -0.2) is 0 Å². The fraction of sp³-hybridized carbons (Fsp3) is 0.895. The van der Waals surface area contributed by atoms with Crippen molar-refractivity contribution in [2.75, 3.05) is 6.16 Å². The van der Waals surface area contributed by atoms with E-state index in [4.69, 9.17) is 0 Å². The molecule has 0 bridgehead atoms. The van der Waals surface area contributed by atoms with Crippen LogP contribution in [0.4, 0.5) is 0 Å². The average molecular weight is 362 g/mol. The van der Waals surface area contributed by atoms with Crippen LogP contribution in [0, 0.1) is 0 Å². The van der Waals surface area contributed by atoms with Gasteiger partial charge in [0.15, 0.2) is 0 Å². The highest BCUT2D eigenvalue weighted by molar-refractivity contribution is 8.61. The summed E-state index contributed by atoms with van der Waals surface area (Å²) in [6.07, 6.45) is 3.45. The molecule has 0 spiro atoms. The SMILES string of the molecule is C=CCP(P(C(C)(C)C)C(C)(C)C)P(C(C)(C)C)C(C)(C)C. The van der Waals surface area contributed by atoms with E-state index in [1.54, 1.807) is 0 Å². The zero-order valence-corrected chi connectivity index (χ0v) is 20.0. The van der Waals surface area contributed by atoms with Crippen LogP contribution >= 0.6 is 22.5 Å². The zero-order chi connectivity index (χ0) is 18.1. The molecule has 22 heavy (non-hydrogen) atoms. The Morgan fingerprint density at radius 1 is 0.591 bits per heavy atom. The Morgan fingerprint density at radius 2 is 0.818 bits per heavy atom. The average Bonchev–Trinajstić information content (AvgIpc) is 2.06. The molecule has 0 saturated heterocycles. The Bertz CT molecular complexity index is 298. The maximum atomic E-state index is 4.13. The number of rotatable bonds is 4. The summed E-state index contributed by atoms with van der Waals surface area (Å²) in [5.74, 6) is 0. The highest BCUT2D eigenvalue weighted by atomic mass is 32.5. The highest BCUT2D eigenvalue weighted by Crippen LogP contribution is 2.97. The van der Waals surface area contributed by atoms with Gasteiger partial charge in [-0.05, 0) is 34.1 Å². The summed E-state index contributed by atoms with van der Waals surface area (Å²) in [6, 6.07) is 0. The van der Waals surface area contributed by atoms with Crippen molar-refractivity contribution >= 4 is 22.5 Å². The fourth-order valence-electron chi connectivity index (χ4n) is 3.77. The van der Waals surface area contributed by atoms with Crippen LogP contribution in [0.1, 0.15) is 83.1 Å². The number of hydrogen-bond acceptors (Lipinski definition) is 0. The zero-order valence-electron chi connectivity index (χ0n) is 17.3. The lowest BCUT2D eigenvalue weighted by molar-refractivity contribution is 0.715. The first-order chi connectivity index (χ1) is 9.44. The lowest BCUT2D eigenvalue weighted by Crippen LogP contribution is -2.28. The van der Waals surface area contributed by atoms with Crippen LogP contribution in [0.25, 0.3) is 0 Å². The van der Waals surface area contributed by atoms with Gasteiger partial charge in [-0.15, -0.1) is 6.58 Å². The van der Waals surface area contributed by atoms with Gasteiger partial charge < -0.3 is 0 Å². The fourth-order valence-corrected chi connectivity index (χ4v) is 33.1. The summed E-state index contributed by atoms with van der Waals surface area (Å²) in [7, 11) is -0.144. The van der Waals surface area contributed by atoms with Gasteiger partial charge in [0.05, 0.1) is 0 Å². The molecule has 0 aromatic carbocycles. The summed E-state index contributed by atoms with van der Waals surface area (Å²) in [6.45, 7) is 33.8. The van der Waals surface area contributed by atoms with Crippen molar-refractivity contribution in [3.8, 4) is 0 Å². The summed E-state index contributed by atoms with van der Waals surface area (Å²) < 4.78 is 0. The highest BCUT2D eigenvalue weighted by Gasteiger charge is 2.48. The molecule has 3 heteroatoms. The summed E-state index contributed by atoms with van der Waals surface area (Å²) in [5, 5.41) is 1.61. The van der Waals surface area contributed by atoms with Gasteiger partial charge in [-0.1, -0.05) is 104 Å². The molecule has 0 atom stereocenters. The maximum absolute atomic E-state index is 4.13. The van der Waals surface area contributed by atoms with Gasteiger partial charge in [0, 0.05) is 0 Å². The number of hydrogen-bond donors (Lipinski definition) is 0. The van der Waals surface area contributed by atoms with E-state index >= 15 is 0 Å². The Labute approximate surface area is 145 Å². The molecule has 0 fully saturated rings. The molecule has 0 saturated carbocycles. The van der Waals surface area contributed by atoms with E-state index < -0.39 is 0 Å². The van der Waals surface area contributed by atoms with Crippen LogP contribution < -0.4 is 0 Å². The first-order valence-corrected chi connectivity index (χ1v) is 14.0. The second kappa shape index (κ2) is 7.51. The third-order valence-corrected chi connectivity index (χ3v) is 24.1. The topological polar surface area (TPSA) is 0 Å². The Kier molecular flexibility index (Phi) is 7.86. The molecule has 0 aliphatic heterocycles. The van der Waals surface area contributed by atoms with E-state index in [-0.39, 0.29) is 22.5 Å². The predicted molar refractivity (Wildman–Crippen MR) is 115 cm³/mol. The predicted octanol–water partition coefficient (Wildman–Crippen LogP) is 8.64. The smallest absolute Gasteiger partial charge is 0.00692 e. The van der Waals surface area contributed by atoms with Crippen molar-refractivity contribution in [2.24, 2.45) is 0 Å². The molecule has 132 valence electrons. The second-order valence-electron chi connectivity index (χ2n) is 10.2. The van der Waals surface area contributed by atoms with Crippen molar-refractivity contribution in [1.29, 1.82) is 0 Å². The minimum Gasteiger partial charge on any atom is -0.103 e. The molecular formula is C19H41P3. The molecular weight excluding hydrogens is 321 g/mol. The molecule has 0 rings (SSSR count). The minimum absolute atomic E-state index is 0.0283. The largest absolute Gasteiger partial charge is 0.103 e. The monoisotopic (exact) mass is 362 g/mol. The first-order valence-electron chi connectivity index (χ1n) is 8.43. The van der Waals surface area contributed by atoms with E-state index in [2.05, 4.69) is 95.7 Å². The standard InChI is InChI=1S/C19H41P3/c1-14-15-20(21(16(2,3)4)17(5,6)7)22(18(8,9)10)19(11,12)13/h14H,1,15H2,2-13H3. The van der Waals surface area contributed by atoms with Crippen molar-refractivity contribution in [2.45, 2.75) is 104 Å². The summed E-state index contributed by atoms with van der Waals surface area (Å²) in [5.41, 5.74) is 0. The van der Waals surface area contributed by atoms with Crippen molar-refractivity contribution < 1.29 is 0 Å². The van der Waals surface area contributed by atoms with Crippen LogP contribution in [0.3, 0.4) is 0 Å². The third kappa shape index (κ3) is 6.50. The molecule has 0 heterocycles. The van der Waals surface area contributed by atoms with E-state index in [0.29, 0.717) is 20.6 Å². The van der Waals surface area contributed by atoms with Crippen LogP contribution in [0.15, 0.2) is 12.7 Å². The first kappa shape index (κ1) is 23.0. The van der Waals surface area contributed by atoms with Crippen LogP contribution in [0.5, 0.6) is 0 Å². The summed E-state index contributed by atoms with van der Waals surface area (Å²) in [4.78, 5) is 0. The normalized spacial score (nSPS) is 15.0. The maximum Gasteiger partial charge on any atom is -0.00692 e. The molecule has 0 aliphatic rings. The van der Waals surface area contributed by atoms with Gasteiger partial charge in [0.1, 0.15) is 0 Å². The molecule has 0 aromatic heterocycles. The van der Waals surface area contributed by atoms with Crippen LogP contribution in [-0.4, -0.2) is 26.8 Å². The molecule has 0 radical (unpaired) electrons. The van der Waals surface area contributed by atoms with Gasteiger partial charge in [-0.3, -0.25) is 0 Å². The van der Waals surface area contributed by atoms with Gasteiger partial charge in [-0.2, -0.15) is 0 Å². The molecule has 0 nitrogen and oxygen atoms in total.